The van der Waals surface area contributed by atoms with Gasteiger partial charge in [-0.25, -0.2) is 4.39 Å². The van der Waals surface area contributed by atoms with Crippen LogP contribution in [0.1, 0.15) is 17.2 Å². The molecule has 1 N–H and O–H groups in total. The van der Waals surface area contributed by atoms with Gasteiger partial charge in [0, 0.05) is 23.0 Å². The van der Waals surface area contributed by atoms with Gasteiger partial charge in [-0.15, -0.1) is 0 Å². The van der Waals surface area contributed by atoms with E-state index in [9.17, 15) is 19.1 Å². The molecule has 1 saturated heterocycles. The fourth-order valence-electron chi connectivity index (χ4n) is 2.97. The van der Waals surface area contributed by atoms with Gasteiger partial charge in [-0.05, 0) is 6.07 Å². The highest BCUT2D eigenvalue weighted by Crippen LogP contribution is 2.40. The number of carbonyl (C=O) groups is 2. The van der Waals surface area contributed by atoms with Gasteiger partial charge in [-0.2, -0.15) is 0 Å². The second-order valence-electron chi connectivity index (χ2n) is 5.57. The van der Waals surface area contributed by atoms with E-state index in [1.807, 2.05) is 0 Å². The number of aliphatic hydroxyl groups is 1. The summed E-state index contributed by atoms with van der Waals surface area (Å²) in [6, 6.07) is 13.5. The fourth-order valence-corrected chi connectivity index (χ4v) is 3.36. The molecule has 128 valence electrons. The first-order valence-corrected chi connectivity index (χ1v) is 8.82. The fraction of sp³-hybridized carbons (Fsp3) is 0.158. The Bertz CT molecular complexity index is 851. The molecule has 1 fully saturated rings. The molecular formula is C19H15BrFNO3. The second kappa shape index (κ2) is 7.19. The Kier molecular flexibility index (Phi) is 4.99. The Morgan fingerprint density at radius 1 is 1.08 bits per heavy atom. The van der Waals surface area contributed by atoms with E-state index >= 15 is 0 Å². The third-order valence-electron chi connectivity index (χ3n) is 4.11. The number of benzene rings is 2. The van der Waals surface area contributed by atoms with Crippen LogP contribution < -0.4 is 0 Å². The highest BCUT2D eigenvalue weighted by molar-refractivity contribution is 9.09. The first kappa shape index (κ1) is 17.4. The third kappa shape index (κ3) is 3.09. The summed E-state index contributed by atoms with van der Waals surface area (Å²) < 4.78 is 14.4. The Hall–Kier alpha value is -2.47. The first-order valence-electron chi connectivity index (χ1n) is 7.70. The van der Waals surface area contributed by atoms with Gasteiger partial charge in [0.2, 0.25) is 0 Å². The maximum absolute atomic E-state index is 14.4. The van der Waals surface area contributed by atoms with Crippen molar-refractivity contribution in [3.8, 4) is 0 Å². The van der Waals surface area contributed by atoms with Crippen molar-refractivity contribution in [1.29, 1.82) is 0 Å². The molecule has 4 nitrogen and oxygen atoms in total. The summed E-state index contributed by atoms with van der Waals surface area (Å²) in [5.74, 6) is -2.39. The molecule has 1 atom stereocenters. The first-order chi connectivity index (χ1) is 12.1. The van der Waals surface area contributed by atoms with Crippen LogP contribution in [0.3, 0.4) is 0 Å². The van der Waals surface area contributed by atoms with Gasteiger partial charge in [-0.3, -0.25) is 9.59 Å². The molecule has 25 heavy (non-hydrogen) atoms. The average Bonchev–Trinajstić information content (AvgIpc) is 2.87. The van der Waals surface area contributed by atoms with Crippen molar-refractivity contribution in [3.05, 3.63) is 77.1 Å². The predicted molar refractivity (Wildman–Crippen MR) is 95.6 cm³/mol. The molecule has 2 aromatic rings. The van der Waals surface area contributed by atoms with Crippen molar-refractivity contribution < 1.29 is 19.1 Å². The molecule has 0 saturated carbocycles. The lowest BCUT2D eigenvalue weighted by molar-refractivity contribution is -0.139. The van der Waals surface area contributed by atoms with Crippen molar-refractivity contribution in [2.24, 2.45) is 0 Å². The van der Waals surface area contributed by atoms with Gasteiger partial charge in [0.15, 0.2) is 0 Å². The zero-order chi connectivity index (χ0) is 18.0. The lowest BCUT2D eigenvalue weighted by atomic mass is 9.95. The molecule has 0 bridgehead atoms. The number of carbonyl (C=O) groups excluding carboxylic acids is 2. The van der Waals surface area contributed by atoms with Gasteiger partial charge in [0.1, 0.15) is 11.6 Å². The lowest BCUT2D eigenvalue weighted by Gasteiger charge is -2.24. The maximum atomic E-state index is 14.4. The van der Waals surface area contributed by atoms with E-state index in [2.05, 4.69) is 15.9 Å². The summed E-state index contributed by atoms with van der Waals surface area (Å²) in [7, 11) is 0. The normalized spacial score (nSPS) is 19.4. The molecule has 2 aromatic carbocycles. The van der Waals surface area contributed by atoms with E-state index < -0.39 is 23.5 Å². The summed E-state index contributed by atoms with van der Waals surface area (Å²) in [5, 5.41) is 11.1. The van der Waals surface area contributed by atoms with Crippen LogP contribution in [0.25, 0.3) is 5.76 Å². The number of hydrogen-bond acceptors (Lipinski definition) is 3. The molecule has 0 aromatic heterocycles. The highest BCUT2D eigenvalue weighted by Gasteiger charge is 2.46. The standard InChI is InChI=1S/C19H15BrFNO3/c20-10-11-22-16(13-8-4-5-9-14(13)21)15(18(24)19(22)25)17(23)12-6-2-1-3-7-12/h1-9,16,23H,10-11H2/t16-/m0/s1. The molecule has 1 aliphatic rings. The summed E-state index contributed by atoms with van der Waals surface area (Å²) in [6.45, 7) is 0.217. The van der Waals surface area contributed by atoms with Crippen LogP contribution in [0.15, 0.2) is 60.2 Å². The summed E-state index contributed by atoms with van der Waals surface area (Å²) in [5.41, 5.74) is 0.489. The van der Waals surface area contributed by atoms with Crippen LogP contribution in [-0.2, 0) is 9.59 Å². The number of alkyl halides is 1. The smallest absolute Gasteiger partial charge is 0.295 e. The molecule has 3 rings (SSSR count). The minimum absolute atomic E-state index is 0.0951. The number of amides is 1. The molecule has 0 radical (unpaired) electrons. The zero-order valence-electron chi connectivity index (χ0n) is 13.2. The number of likely N-dealkylation sites (tertiary alicyclic amines) is 1. The van der Waals surface area contributed by atoms with Crippen LogP contribution >= 0.6 is 15.9 Å². The van der Waals surface area contributed by atoms with Crippen molar-refractivity contribution in [3.63, 3.8) is 0 Å². The largest absolute Gasteiger partial charge is 0.507 e. The zero-order valence-corrected chi connectivity index (χ0v) is 14.7. The van der Waals surface area contributed by atoms with Crippen molar-refractivity contribution in [2.75, 3.05) is 11.9 Å². The van der Waals surface area contributed by atoms with E-state index in [0.29, 0.717) is 10.9 Å². The number of ketones is 1. The van der Waals surface area contributed by atoms with Crippen LogP contribution in [0, 0.1) is 5.82 Å². The number of Topliss-reactive ketones (excluding diaryl/α,β-unsaturated/α-hetero) is 1. The van der Waals surface area contributed by atoms with E-state index in [1.54, 1.807) is 36.4 Å². The number of halogens is 2. The van der Waals surface area contributed by atoms with E-state index in [-0.39, 0.29) is 23.4 Å². The van der Waals surface area contributed by atoms with E-state index in [4.69, 9.17) is 0 Å². The number of hydrogen-bond donors (Lipinski definition) is 1. The van der Waals surface area contributed by atoms with Gasteiger partial charge in [-0.1, -0.05) is 64.5 Å². The second-order valence-corrected chi connectivity index (χ2v) is 6.36. The van der Waals surface area contributed by atoms with Crippen LogP contribution in [0.2, 0.25) is 0 Å². The number of nitrogens with zero attached hydrogens (tertiary/aromatic N) is 1. The molecule has 6 heteroatoms. The summed E-state index contributed by atoms with van der Waals surface area (Å²) >= 11 is 3.25. The average molecular weight is 404 g/mol. The van der Waals surface area contributed by atoms with E-state index in [0.717, 1.165) is 0 Å². The number of rotatable bonds is 4. The molecule has 0 spiro atoms. The van der Waals surface area contributed by atoms with E-state index in [1.165, 1.54) is 23.1 Å². The quantitative estimate of drug-likeness (QED) is 0.367. The van der Waals surface area contributed by atoms with Crippen LogP contribution in [-0.4, -0.2) is 33.6 Å². The van der Waals surface area contributed by atoms with Crippen LogP contribution in [0.5, 0.6) is 0 Å². The number of aliphatic hydroxyl groups excluding tert-OH is 1. The molecule has 1 aliphatic heterocycles. The Morgan fingerprint density at radius 3 is 2.36 bits per heavy atom. The molecule has 1 heterocycles. The maximum Gasteiger partial charge on any atom is 0.295 e. The molecule has 0 aliphatic carbocycles. The van der Waals surface area contributed by atoms with Crippen molar-refractivity contribution in [2.45, 2.75) is 6.04 Å². The molecule has 0 unspecified atom stereocenters. The van der Waals surface area contributed by atoms with Crippen molar-refractivity contribution in [1.82, 2.24) is 4.90 Å². The van der Waals surface area contributed by atoms with Gasteiger partial charge in [0.05, 0.1) is 11.6 Å². The van der Waals surface area contributed by atoms with Gasteiger partial charge in [0.25, 0.3) is 11.7 Å². The van der Waals surface area contributed by atoms with Gasteiger partial charge < -0.3 is 10.0 Å². The minimum Gasteiger partial charge on any atom is -0.507 e. The monoisotopic (exact) mass is 403 g/mol. The Balaban J connectivity index is 2.22. The topological polar surface area (TPSA) is 57.6 Å². The third-order valence-corrected chi connectivity index (χ3v) is 4.47. The summed E-state index contributed by atoms with van der Waals surface area (Å²) in [4.78, 5) is 26.3. The highest BCUT2D eigenvalue weighted by atomic mass is 79.9. The Labute approximate surface area is 152 Å². The van der Waals surface area contributed by atoms with Crippen LogP contribution in [0.4, 0.5) is 4.39 Å². The molecular weight excluding hydrogens is 389 g/mol. The minimum atomic E-state index is -0.959. The predicted octanol–water partition coefficient (Wildman–Crippen LogP) is 3.64. The Morgan fingerprint density at radius 2 is 1.72 bits per heavy atom. The molecule has 1 amide bonds. The van der Waals surface area contributed by atoms with Crippen molar-refractivity contribution >= 4 is 33.4 Å². The SMILES string of the molecule is O=C1C(=O)N(CCBr)[C@@H](c2ccccc2F)C1=C(O)c1ccccc1. The van der Waals surface area contributed by atoms with Gasteiger partial charge >= 0.3 is 0 Å². The summed E-state index contributed by atoms with van der Waals surface area (Å²) in [6.07, 6.45) is 0. The lowest BCUT2D eigenvalue weighted by Crippen LogP contribution is -2.31.